The average molecular weight is 446 g/mol. The Bertz CT molecular complexity index is 1090. The third-order valence-electron chi connectivity index (χ3n) is 4.68. The minimum atomic E-state index is -0.332. The summed E-state index contributed by atoms with van der Waals surface area (Å²) in [4.78, 5) is 0. The third kappa shape index (κ3) is 3.48. The molecule has 0 saturated heterocycles. The number of aromatic nitrogens is 2. The molecule has 1 N–H and O–H groups in total. The van der Waals surface area contributed by atoms with Crippen molar-refractivity contribution in [3.05, 3.63) is 99.6 Å². The van der Waals surface area contributed by atoms with Crippen molar-refractivity contribution in [3.63, 3.8) is 0 Å². The van der Waals surface area contributed by atoms with Crippen LogP contribution in [0.2, 0.25) is 10.0 Å². The van der Waals surface area contributed by atoms with Crippen molar-refractivity contribution in [2.45, 2.75) is 10.7 Å². The highest BCUT2D eigenvalue weighted by atomic mass is 35.5. The molecule has 0 radical (unpaired) electrons. The maximum absolute atomic E-state index is 8.89. The molecule has 142 valence electrons. The molecule has 1 aromatic heterocycles. The number of rotatable bonds is 4. The molecule has 0 aliphatic heterocycles. The lowest BCUT2D eigenvalue weighted by Gasteiger charge is -2.16. The van der Waals surface area contributed by atoms with Crippen LogP contribution in [0, 0.1) is 5.41 Å². The van der Waals surface area contributed by atoms with E-state index in [1.165, 1.54) is 0 Å². The Hall–Kier alpha value is -1.79. The van der Waals surface area contributed by atoms with Crippen LogP contribution in [-0.2, 0) is 0 Å². The predicted molar refractivity (Wildman–Crippen MR) is 123 cm³/mol. The van der Waals surface area contributed by atoms with Crippen LogP contribution in [0.3, 0.4) is 0 Å². The van der Waals surface area contributed by atoms with Crippen LogP contribution in [-0.4, -0.2) is 9.13 Å². The minimum Gasteiger partial charge on any atom is -0.294 e. The lowest BCUT2D eigenvalue weighted by Crippen LogP contribution is -2.28. The zero-order chi connectivity index (χ0) is 19.8. The first kappa shape index (κ1) is 19.5. The van der Waals surface area contributed by atoms with Gasteiger partial charge in [0, 0.05) is 10.0 Å². The average Bonchev–Trinajstić information content (AvgIpc) is 3.00. The van der Waals surface area contributed by atoms with Gasteiger partial charge in [0.05, 0.1) is 11.0 Å². The van der Waals surface area contributed by atoms with E-state index in [2.05, 4.69) is 0 Å². The van der Waals surface area contributed by atoms with Gasteiger partial charge in [0.2, 0.25) is 5.62 Å². The topological polar surface area (TPSA) is 33.7 Å². The number of fused-ring (bicyclic) bond motifs is 1. The molecule has 28 heavy (non-hydrogen) atoms. The molecule has 0 aliphatic carbocycles. The van der Waals surface area contributed by atoms with E-state index in [1.807, 2.05) is 81.9 Å². The van der Waals surface area contributed by atoms with Crippen LogP contribution < -0.4 is 5.62 Å². The Morgan fingerprint density at radius 3 is 1.36 bits per heavy atom. The van der Waals surface area contributed by atoms with Gasteiger partial charge in [0.25, 0.3) is 0 Å². The molecule has 0 bridgehead atoms. The summed E-state index contributed by atoms with van der Waals surface area (Å²) in [6.07, 6.45) is 0. The maximum Gasteiger partial charge on any atom is 0.205 e. The smallest absolute Gasteiger partial charge is 0.205 e. The SMILES string of the molecule is N=c1n(C(S)c2ccc(Cl)cc2)c2ccccc2n1C(S)c1ccc(Cl)cc1. The van der Waals surface area contributed by atoms with Crippen molar-refractivity contribution in [3.8, 4) is 0 Å². The summed E-state index contributed by atoms with van der Waals surface area (Å²) in [6, 6.07) is 22.9. The number of thiol groups is 2. The molecule has 4 aromatic rings. The fourth-order valence-corrected chi connectivity index (χ4v) is 4.34. The van der Waals surface area contributed by atoms with Crippen molar-refractivity contribution in [2.75, 3.05) is 0 Å². The van der Waals surface area contributed by atoms with Crippen LogP contribution >= 0.6 is 48.5 Å². The summed E-state index contributed by atoms with van der Waals surface area (Å²) in [6.45, 7) is 0. The monoisotopic (exact) mass is 445 g/mol. The number of hydrogen-bond donors (Lipinski definition) is 3. The van der Waals surface area contributed by atoms with Gasteiger partial charge < -0.3 is 0 Å². The summed E-state index contributed by atoms with van der Waals surface area (Å²) in [5.41, 5.74) is 4.05. The van der Waals surface area contributed by atoms with Crippen LogP contribution in [0.15, 0.2) is 72.8 Å². The largest absolute Gasteiger partial charge is 0.294 e. The van der Waals surface area contributed by atoms with Crippen molar-refractivity contribution in [1.82, 2.24) is 9.13 Å². The summed E-state index contributed by atoms with van der Waals surface area (Å²) in [7, 11) is 0. The molecule has 1 heterocycles. The molecule has 3 nitrogen and oxygen atoms in total. The summed E-state index contributed by atoms with van der Waals surface area (Å²) in [5, 5.41) is 9.57. The van der Waals surface area contributed by atoms with E-state index in [0.717, 1.165) is 22.2 Å². The highest BCUT2D eigenvalue weighted by Crippen LogP contribution is 2.30. The normalized spacial score (nSPS) is 13.6. The number of hydrogen-bond acceptors (Lipinski definition) is 3. The summed E-state index contributed by atoms with van der Waals surface area (Å²) in [5.74, 6) is 0. The van der Waals surface area contributed by atoms with Gasteiger partial charge in [-0.15, -0.1) is 25.3 Å². The van der Waals surface area contributed by atoms with Gasteiger partial charge in [0.15, 0.2) is 0 Å². The first-order chi connectivity index (χ1) is 13.5. The van der Waals surface area contributed by atoms with E-state index in [1.54, 1.807) is 0 Å². The first-order valence-corrected chi connectivity index (χ1v) is 10.4. The molecule has 7 heteroatoms. The quantitative estimate of drug-likeness (QED) is 0.313. The highest BCUT2D eigenvalue weighted by Gasteiger charge is 2.21. The molecule has 0 saturated carbocycles. The molecule has 0 aliphatic rings. The fraction of sp³-hybridized carbons (Fsp3) is 0.0952. The van der Waals surface area contributed by atoms with Crippen LogP contribution in [0.5, 0.6) is 0 Å². The molecule has 2 atom stereocenters. The second-order valence-corrected chi connectivity index (χ2v) is 8.25. The molecule has 0 fully saturated rings. The summed E-state index contributed by atoms with van der Waals surface area (Å²) >= 11 is 21.7. The molecule has 2 unspecified atom stereocenters. The van der Waals surface area contributed by atoms with Gasteiger partial charge >= 0.3 is 0 Å². The Morgan fingerprint density at radius 2 is 1.00 bits per heavy atom. The highest BCUT2D eigenvalue weighted by molar-refractivity contribution is 7.80. The Balaban J connectivity index is 1.89. The Morgan fingerprint density at radius 1 is 0.643 bits per heavy atom. The van der Waals surface area contributed by atoms with Gasteiger partial charge in [-0.3, -0.25) is 14.5 Å². The van der Waals surface area contributed by atoms with E-state index in [-0.39, 0.29) is 10.7 Å². The lowest BCUT2D eigenvalue weighted by atomic mass is 10.2. The van der Waals surface area contributed by atoms with Gasteiger partial charge in [-0.2, -0.15) is 0 Å². The van der Waals surface area contributed by atoms with E-state index >= 15 is 0 Å². The predicted octanol–water partition coefficient (Wildman–Crippen LogP) is 6.18. The number of nitrogens with zero attached hydrogens (tertiary/aromatic N) is 2. The minimum absolute atomic E-state index is 0.311. The molecular formula is C21H17Cl2N3S2. The molecule has 4 rings (SSSR count). The van der Waals surface area contributed by atoms with Crippen molar-refractivity contribution in [2.24, 2.45) is 0 Å². The number of para-hydroxylation sites is 2. The van der Waals surface area contributed by atoms with Gasteiger partial charge in [-0.25, -0.2) is 0 Å². The zero-order valence-corrected chi connectivity index (χ0v) is 17.9. The lowest BCUT2D eigenvalue weighted by molar-refractivity contribution is 0.651. The van der Waals surface area contributed by atoms with Crippen LogP contribution in [0.25, 0.3) is 11.0 Å². The van der Waals surface area contributed by atoms with E-state index in [4.69, 9.17) is 53.9 Å². The van der Waals surface area contributed by atoms with Crippen molar-refractivity contribution in [1.29, 1.82) is 5.41 Å². The van der Waals surface area contributed by atoms with Gasteiger partial charge in [-0.1, -0.05) is 59.6 Å². The summed E-state index contributed by atoms with van der Waals surface area (Å²) < 4.78 is 3.78. The second-order valence-electron chi connectivity index (χ2n) is 6.40. The van der Waals surface area contributed by atoms with Crippen molar-refractivity contribution < 1.29 is 0 Å². The molecule has 0 amide bonds. The van der Waals surface area contributed by atoms with E-state index in [0.29, 0.717) is 15.7 Å². The molecule has 0 spiro atoms. The number of benzene rings is 3. The van der Waals surface area contributed by atoms with Crippen LogP contribution in [0.4, 0.5) is 0 Å². The third-order valence-corrected chi connectivity index (χ3v) is 6.24. The molecule has 3 aromatic carbocycles. The first-order valence-electron chi connectivity index (χ1n) is 8.60. The second kappa shape index (κ2) is 7.91. The molecular weight excluding hydrogens is 429 g/mol. The van der Waals surface area contributed by atoms with Gasteiger partial charge in [0.1, 0.15) is 10.7 Å². The standard InChI is InChI=1S/C21H17Cl2N3S2/c22-15-9-5-13(6-10-15)19(27)25-17-3-1-2-4-18(17)26(21(25)24)20(28)14-7-11-16(23)12-8-14/h1-12,19-20,24,27-28H. The van der Waals surface area contributed by atoms with Crippen molar-refractivity contribution >= 4 is 59.5 Å². The van der Waals surface area contributed by atoms with E-state index < -0.39 is 0 Å². The van der Waals surface area contributed by atoms with E-state index in [9.17, 15) is 0 Å². The Labute approximate surface area is 183 Å². The Kier molecular flexibility index (Phi) is 5.52. The number of nitrogens with one attached hydrogen (secondary N) is 1. The zero-order valence-electron chi connectivity index (χ0n) is 14.6. The van der Waals surface area contributed by atoms with Gasteiger partial charge in [-0.05, 0) is 47.5 Å². The van der Waals surface area contributed by atoms with Crippen LogP contribution in [0.1, 0.15) is 21.9 Å². The number of halogens is 2. The fourth-order valence-electron chi connectivity index (χ4n) is 3.28. The maximum atomic E-state index is 8.89. The number of imidazole rings is 1.